The van der Waals surface area contributed by atoms with Crippen LogP contribution < -0.4 is 5.69 Å². The molecule has 0 atom stereocenters. The van der Waals surface area contributed by atoms with Crippen molar-refractivity contribution in [3.63, 3.8) is 0 Å². The molecule has 0 aliphatic heterocycles. The van der Waals surface area contributed by atoms with Crippen molar-refractivity contribution in [1.29, 1.82) is 0 Å². The number of para-hydroxylation sites is 1. The van der Waals surface area contributed by atoms with Crippen molar-refractivity contribution < 1.29 is 4.79 Å². The Kier molecular flexibility index (Phi) is 5.03. The van der Waals surface area contributed by atoms with Crippen LogP contribution in [0.3, 0.4) is 0 Å². The average molecular weight is 337 g/mol. The van der Waals surface area contributed by atoms with Gasteiger partial charge in [0.05, 0.1) is 5.69 Å². The van der Waals surface area contributed by atoms with Crippen LogP contribution in [0.25, 0.3) is 5.69 Å². The number of hydrogen-bond donors (Lipinski definition) is 0. The third kappa shape index (κ3) is 3.82. The van der Waals surface area contributed by atoms with Gasteiger partial charge in [-0.1, -0.05) is 48.5 Å². The Morgan fingerprint density at radius 2 is 1.64 bits per heavy atom. The van der Waals surface area contributed by atoms with Crippen LogP contribution in [0.2, 0.25) is 0 Å². The highest BCUT2D eigenvalue weighted by atomic mass is 16.2. The lowest BCUT2D eigenvalue weighted by Gasteiger charge is -2.20. The van der Waals surface area contributed by atoms with E-state index < -0.39 is 5.69 Å². The second-order valence-corrected chi connectivity index (χ2v) is 5.56. The Morgan fingerprint density at radius 1 is 1.00 bits per heavy atom. The summed E-state index contributed by atoms with van der Waals surface area (Å²) in [5.41, 5.74) is 1.22. The smallest absolute Gasteiger partial charge is 0.337 e. The number of tetrazole rings is 1. The van der Waals surface area contributed by atoms with Gasteiger partial charge < -0.3 is 4.90 Å². The summed E-state index contributed by atoms with van der Waals surface area (Å²) in [6.45, 7) is 2.82. The van der Waals surface area contributed by atoms with Gasteiger partial charge in [0.2, 0.25) is 5.91 Å². The molecule has 7 heteroatoms. The fourth-order valence-corrected chi connectivity index (χ4v) is 2.51. The highest BCUT2D eigenvalue weighted by molar-refractivity contribution is 5.75. The fourth-order valence-electron chi connectivity index (χ4n) is 2.51. The third-order valence-electron chi connectivity index (χ3n) is 3.88. The summed E-state index contributed by atoms with van der Waals surface area (Å²) < 4.78 is 2.27. The lowest BCUT2D eigenvalue weighted by Crippen LogP contribution is -2.36. The summed E-state index contributed by atoms with van der Waals surface area (Å²) in [4.78, 5) is 26.6. The molecule has 0 aliphatic rings. The lowest BCUT2D eigenvalue weighted by atomic mass is 10.2. The fraction of sp³-hybridized carbons (Fsp3) is 0.222. The summed E-state index contributed by atoms with van der Waals surface area (Å²) in [5, 5.41) is 7.68. The quantitative estimate of drug-likeness (QED) is 0.683. The monoisotopic (exact) mass is 337 g/mol. The first-order valence-electron chi connectivity index (χ1n) is 8.09. The second kappa shape index (κ2) is 7.57. The Hall–Kier alpha value is -3.22. The Bertz CT molecular complexity index is 887. The van der Waals surface area contributed by atoms with Gasteiger partial charge in [0.1, 0.15) is 6.54 Å². The molecular formula is C18H19N5O2. The molecular weight excluding hydrogens is 318 g/mol. The third-order valence-corrected chi connectivity index (χ3v) is 3.88. The molecule has 0 unspecified atom stereocenters. The molecule has 0 saturated heterocycles. The molecule has 0 aliphatic carbocycles. The van der Waals surface area contributed by atoms with Crippen molar-refractivity contribution in [2.24, 2.45) is 0 Å². The molecule has 0 N–H and O–H groups in total. The number of likely N-dealkylation sites (N-methyl/N-ethyl adjacent to an activating group) is 1. The molecule has 0 radical (unpaired) electrons. The van der Waals surface area contributed by atoms with E-state index in [1.807, 2.05) is 55.5 Å². The van der Waals surface area contributed by atoms with E-state index in [1.165, 1.54) is 4.68 Å². The summed E-state index contributed by atoms with van der Waals surface area (Å²) in [7, 11) is 0. The molecule has 0 fully saturated rings. The number of rotatable bonds is 6. The van der Waals surface area contributed by atoms with Crippen LogP contribution in [0.15, 0.2) is 65.5 Å². The minimum absolute atomic E-state index is 0.133. The first-order valence-corrected chi connectivity index (χ1v) is 8.09. The van der Waals surface area contributed by atoms with Crippen molar-refractivity contribution in [3.8, 4) is 5.69 Å². The van der Waals surface area contributed by atoms with Gasteiger partial charge in [-0.3, -0.25) is 4.79 Å². The van der Waals surface area contributed by atoms with Gasteiger partial charge in [-0.25, -0.2) is 4.79 Å². The van der Waals surface area contributed by atoms with E-state index in [-0.39, 0.29) is 12.5 Å². The van der Waals surface area contributed by atoms with Crippen LogP contribution in [-0.2, 0) is 17.9 Å². The summed E-state index contributed by atoms with van der Waals surface area (Å²) >= 11 is 0. The topological polar surface area (TPSA) is 73.0 Å². The number of carbonyl (C=O) groups excluding carboxylic acids is 1. The van der Waals surface area contributed by atoms with E-state index in [4.69, 9.17) is 0 Å². The largest absolute Gasteiger partial charge is 0.368 e. The molecule has 0 spiro atoms. The Morgan fingerprint density at radius 3 is 2.28 bits per heavy atom. The Labute approximate surface area is 145 Å². The van der Waals surface area contributed by atoms with Crippen LogP contribution >= 0.6 is 0 Å². The van der Waals surface area contributed by atoms with Crippen LogP contribution in [0, 0.1) is 0 Å². The van der Waals surface area contributed by atoms with Crippen molar-refractivity contribution in [3.05, 3.63) is 76.7 Å². The number of hydrogen-bond acceptors (Lipinski definition) is 4. The van der Waals surface area contributed by atoms with E-state index in [2.05, 4.69) is 10.4 Å². The van der Waals surface area contributed by atoms with Gasteiger partial charge in [0, 0.05) is 13.1 Å². The van der Waals surface area contributed by atoms with Crippen molar-refractivity contribution in [2.75, 3.05) is 6.54 Å². The number of carbonyl (C=O) groups is 1. The molecule has 3 aromatic rings. The Balaban J connectivity index is 1.74. The first-order chi connectivity index (χ1) is 12.2. The first kappa shape index (κ1) is 16.6. The number of amides is 1. The normalized spacial score (nSPS) is 10.6. The molecule has 1 aromatic heterocycles. The van der Waals surface area contributed by atoms with E-state index in [0.717, 1.165) is 10.2 Å². The van der Waals surface area contributed by atoms with Gasteiger partial charge in [-0.2, -0.15) is 9.36 Å². The number of nitrogens with zero attached hydrogens (tertiary/aromatic N) is 5. The maximum atomic E-state index is 12.5. The standard InChI is InChI=1S/C18H19N5O2/c1-2-21(13-15-9-5-3-6-10-15)17(24)14-22-18(25)23(20-19-22)16-11-7-4-8-12-16/h3-12H,2,13-14H2,1H3. The molecule has 3 rings (SSSR count). The molecule has 0 saturated carbocycles. The second-order valence-electron chi connectivity index (χ2n) is 5.56. The molecule has 25 heavy (non-hydrogen) atoms. The molecule has 1 amide bonds. The highest BCUT2D eigenvalue weighted by Crippen LogP contribution is 2.05. The summed E-state index contributed by atoms with van der Waals surface area (Å²) in [6, 6.07) is 18.7. The highest BCUT2D eigenvalue weighted by Gasteiger charge is 2.16. The van der Waals surface area contributed by atoms with Crippen LogP contribution in [-0.4, -0.2) is 37.1 Å². The summed E-state index contributed by atoms with van der Waals surface area (Å²) in [6.07, 6.45) is 0. The van der Waals surface area contributed by atoms with Crippen molar-refractivity contribution in [1.82, 2.24) is 24.7 Å². The van der Waals surface area contributed by atoms with E-state index >= 15 is 0 Å². The molecule has 128 valence electrons. The van der Waals surface area contributed by atoms with Gasteiger partial charge in [-0.15, -0.1) is 0 Å². The average Bonchev–Trinajstić information content (AvgIpc) is 3.01. The zero-order valence-corrected chi connectivity index (χ0v) is 13.9. The SMILES string of the molecule is CCN(Cc1ccccc1)C(=O)Cn1nnn(-c2ccccc2)c1=O. The minimum atomic E-state index is -0.435. The predicted molar refractivity (Wildman–Crippen MR) is 93.2 cm³/mol. The van der Waals surface area contributed by atoms with Crippen molar-refractivity contribution in [2.45, 2.75) is 20.0 Å². The summed E-state index contributed by atoms with van der Waals surface area (Å²) in [5.74, 6) is -0.173. The number of benzene rings is 2. The maximum Gasteiger partial charge on any atom is 0.368 e. The zero-order valence-electron chi connectivity index (χ0n) is 13.9. The van der Waals surface area contributed by atoms with Gasteiger partial charge in [0.25, 0.3) is 0 Å². The minimum Gasteiger partial charge on any atom is -0.337 e. The predicted octanol–water partition coefficient (Wildman–Crippen LogP) is 1.48. The van der Waals surface area contributed by atoms with Crippen LogP contribution in [0.1, 0.15) is 12.5 Å². The zero-order chi connectivity index (χ0) is 17.6. The molecule has 2 aromatic carbocycles. The molecule has 7 nitrogen and oxygen atoms in total. The van der Waals surface area contributed by atoms with Crippen molar-refractivity contribution >= 4 is 5.91 Å². The maximum absolute atomic E-state index is 12.5. The molecule has 1 heterocycles. The lowest BCUT2D eigenvalue weighted by molar-refractivity contribution is -0.132. The van der Waals surface area contributed by atoms with E-state index in [9.17, 15) is 9.59 Å². The van der Waals surface area contributed by atoms with E-state index in [1.54, 1.807) is 17.0 Å². The van der Waals surface area contributed by atoms with Gasteiger partial charge >= 0.3 is 5.69 Å². The molecule has 0 bridgehead atoms. The number of aromatic nitrogens is 4. The van der Waals surface area contributed by atoms with E-state index in [0.29, 0.717) is 18.8 Å². The van der Waals surface area contributed by atoms with Gasteiger partial charge in [-0.05, 0) is 35.0 Å². The van der Waals surface area contributed by atoms with Crippen LogP contribution in [0.4, 0.5) is 0 Å². The van der Waals surface area contributed by atoms with Gasteiger partial charge in [0.15, 0.2) is 0 Å². The van der Waals surface area contributed by atoms with Crippen LogP contribution in [0.5, 0.6) is 0 Å².